The summed E-state index contributed by atoms with van der Waals surface area (Å²) in [7, 11) is 0. The predicted molar refractivity (Wildman–Crippen MR) is 48.6 cm³/mol. The molecule has 14 heavy (non-hydrogen) atoms. The van der Waals surface area contributed by atoms with Gasteiger partial charge in [0.15, 0.2) is 0 Å². The Morgan fingerprint density at radius 1 is 1.36 bits per heavy atom. The zero-order chi connectivity index (χ0) is 9.97. The van der Waals surface area contributed by atoms with Gasteiger partial charge >= 0.3 is 0 Å². The van der Waals surface area contributed by atoms with Crippen LogP contribution in [-0.4, -0.2) is 20.2 Å². The third-order valence-electron chi connectivity index (χ3n) is 1.84. The van der Waals surface area contributed by atoms with Crippen molar-refractivity contribution < 1.29 is 0 Å². The highest BCUT2D eigenvalue weighted by Gasteiger charge is 2.04. The first-order valence-corrected chi connectivity index (χ1v) is 4.07. The highest BCUT2D eigenvalue weighted by molar-refractivity contribution is 5.37. The molecule has 2 rings (SSSR count). The predicted octanol–water partition coefficient (Wildman–Crippen LogP) is 0.842. The van der Waals surface area contributed by atoms with Gasteiger partial charge in [0.25, 0.3) is 5.82 Å². The average molecular weight is 185 g/mol. The molecule has 0 saturated carbocycles. The highest BCUT2D eigenvalue weighted by Crippen LogP contribution is 2.09. The number of rotatable bonds is 1. The molecule has 5 heteroatoms. The summed E-state index contributed by atoms with van der Waals surface area (Å²) in [6.45, 7) is 1.95. The van der Waals surface area contributed by atoms with Gasteiger partial charge in [0, 0.05) is 0 Å². The van der Waals surface area contributed by atoms with Gasteiger partial charge in [-0.1, -0.05) is 23.3 Å². The van der Waals surface area contributed by atoms with E-state index < -0.39 is 0 Å². The maximum absolute atomic E-state index is 8.54. The largest absolute Gasteiger partial charge is 0.274 e. The molecular weight excluding hydrogens is 178 g/mol. The number of nitrogens with zero attached hydrogens (tertiary/aromatic N) is 5. The molecular formula is C9H7N5. The van der Waals surface area contributed by atoms with Crippen LogP contribution in [0.25, 0.3) is 5.69 Å². The van der Waals surface area contributed by atoms with Gasteiger partial charge < -0.3 is 0 Å². The quantitative estimate of drug-likeness (QED) is 0.660. The van der Waals surface area contributed by atoms with Gasteiger partial charge in [-0.15, -0.1) is 9.90 Å². The zero-order valence-electron chi connectivity index (χ0n) is 7.55. The number of nitriles is 1. The van der Waals surface area contributed by atoms with Crippen molar-refractivity contribution in [3.63, 3.8) is 0 Å². The van der Waals surface area contributed by atoms with Gasteiger partial charge in [0.2, 0.25) is 0 Å². The fourth-order valence-electron chi connectivity index (χ4n) is 1.15. The van der Waals surface area contributed by atoms with Gasteiger partial charge in [0.05, 0.1) is 5.69 Å². The van der Waals surface area contributed by atoms with Gasteiger partial charge in [-0.2, -0.15) is 5.26 Å². The molecule has 1 aromatic carbocycles. The lowest BCUT2D eigenvalue weighted by atomic mass is 10.2. The fraction of sp³-hybridized carbons (Fsp3) is 0.111. The number of para-hydroxylation sites is 1. The molecule has 0 atom stereocenters. The molecule has 0 spiro atoms. The van der Waals surface area contributed by atoms with Crippen molar-refractivity contribution in [2.45, 2.75) is 6.92 Å². The number of hydrogen-bond donors (Lipinski definition) is 0. The third kappa shape index (κ3) is 1.33. The van der Waals surface area contributed by atoms with E-state index in [9.17, 15) is 0 Å². The lowest BCUT2D eigenvalue weighted by Crippen LogP contribution is -2.01. The van der Waals surface area contributed by atoms with Crippen molar-refractivity contribution in [1.29, 1.82) is 5.26 Å². The van der Waals surface area contributed by atoms with E-state index in [1.54, 1.807) is 0 Å². The summed E-state index contributed by atoms with van der Waals surface area (Å²) in [6, 6.07) is 9.47. The lowest BCUT2D eigenvalue weighted by Gasteiger charge is -2.00. The van der Waals surface area contributed by atoms with Crippen LogP contribution >= 0.6 is 0 Å². The Bertz CT molecular complexity index is 494. The summed E-state index contributed by atoms with van der Waals surface area (Å²) in [5, 5.41) is 19.8. The fourth-order valence-corrected chi connectivity index (χ4v) is 1.15. The first-order valence-electron chi connectivity index (χ1n) is 4.07. The molecule has 0 unspecified atom stereocenters. The van der Waals surface area contributed by atoms with Gasteiger partial charge in [-0.05, 0) is 23.8 Å². The Hall–Kier alpha value is -2.22. The number of benzene rings is 1. The third-order valence-corrected chi connectivity index (χ3v) is 1.84. The van der Waals surface area contributed by atoms with Crippen LogP contribution in [0.4, 0.5) is 0 Å². The lowest BCUT2D eigenvalue weighted by molar-refractivity contribution is 0.715. The topological polar surface area (TPSA) is 67.4 Å². The highest BCUT2D eigenvalue weighted by atomic mass is 15.6. The second-order valence-electron chi connectivity index (χ2n) is 2.80. The first kappa shape index (κ1) is 8.38. The van der Waals surface area contributed by atoms with Crippen LogP contribution in [0.3, 0.4) is 0 Å². The number of aromatic nitrogens is 4. The molecule has 0 aliphatic heterocycles. The molecule has 0 bridgehead atoms. The molecule has 1 aromatic heterocycles. The molecule has 2 aromatic rings. The van der Waals surface area contributed by atoms with Crippen LogP contribution in [0.2, 0.25) is 0 Å². The monoisotopic (exact) mass is 185 g/mol. The summed E-state index contributed by atoms with van der Waals surface area (Å²) >= 11 is 0. The molecule has 0 N–H and O–H groups in total. The Labute approximate surface area is 80.6 Å². The standard InChI is InChI=1S/C9H7N5/c1-7-4-2-3-5-8(7)14-12-9(6-10)11-13-14/h2-5H,1H3. The van der Waals surface area contributed by atoms with E-state index in [0.29, 0.717) is 0 Å². The van der Waals surface area contributed by atoms with Crippen molar-refractivity contribution in [3.05, 3.63) is 35.7 Å². The summed E-state index contributed by atoms with van der Waals surface area (Å²) in [6.07, 6.45) is 0. The molecule has 0 aliphatic rings. The minimum absolute atomic E-state index is 0.0771. The maximum Gasteiger partial charge on any atom is 0.274 e. The van der Waals surface area contributed by atoms with Gasteiger partial charge in [-0.25, -0.2) is 0 Å². The average Bonchev–Trinajstić information content (AvgIpc) is 2.67. The van der Waals surface area contributed by atoms with Crippen LogP contribution in [0.5, 0.6) is 0 Å². The van der Waals surface area contributed by atoms with Crippen LogP contribution in [0.1, 0.15) is 11.4 Å². The molecule has 0 radical (unpaired) electrons. The van der Waals surface area contributed by atoms with E-state index in [2.05, 4.69) is 15.4 Å². The van der Waals surface area contributed by atoms with Crippen molar-refractivity contribution in [1.82, 2.24) is 20.2 Å². The number of hydrogen-bond acceptors (Lipinski definition) is 4. The molecule has 68 valence electrons. The zero-order valence-corrected chi connectivity index (χ0v) is 7.55. The van der Waals surface area contributed by atoms with Crippen LogP contribution < -0.4 is 0 Å². The van der Waals surface area contributed by atoms with Crippen LogP contribution in [0, 0.1) is 18.3 Å². The van der Waals surface area contributed by atoms with Crippen molar-refractivity contribution in [2.75, 3.05) is 0 Å². The van der Waals surface area contributed by atoms with Gasteiger partial charge in [-0.3, -0.25) is 0 Å². The van der Waals surface area contributed by atoms with Crippen molar-refractivity contribution in [3.8, 4) is 11.8 Å². The smallest absolute Gasteiger partial charge is 0.189 e. The SMILES string of the molecule is Cc1ccccc1-n1nnc(C#N)n1. The maximum atomic E-state index is 8.54. The Balaban J connectivity index is 2.51. The molecule has 0 aliphatic carbocycles. The summed E-state index contributed by atoms with van der Waals surface area (Å²) < 4.78 is 0. The molecule has 0 amide bonds. The van der Waals surface area contributed by atoms with Crippen LogP contribution in [-0.2, 0) is 0 Å². The van der Waals surface area contributed by atoms with E-state index in [1.807, 2.05) is 37.3 Å². The van der Waals surface area contributed by atoms with E-state index in [0.717, 1.165) is 11.3 Å². The van der Waals surface area contributed by atoms with Crippen LogP contribution in [0.15, 0.2) is 24.3 Å². The van der Waals surface area contributed by atoms with E-state index >= 15 is 0 Å². The first-order chi connectivity index (χ1) is 6.81. The number of tetrazole rings is 1. The van der Waals surface area contributed by atoms with Gasteiger partial charge in [0.1, 0.15) is 6.07 Å². The second kappa shape index (κ2) is 3.26. The summed E-state index contributed by atoms with van der Waals surface area (Å²) in [5.74, 6) is 0.0771. The minimum Gasteiger partial charge on any atom is -0.189 e. The molecule has 1 heterocycles. The Kier molecular flexibility index (Phi) is 1.95. The van der Waals surface area contributed by atoms with Crippen molar-refractivity contribution in [2.24, 2.45) is 0 Å². The second-order valence-corrected chi connectivity index (χ2v) is 2.80. The Morgan fingerprint density at radius 2 is 2.14 bits per heavy atom. The molecule has 0 saturated heterocycles. The normalized spacial score (nSPS) is 9.71. The van der Waals surface area contributed by atoms with E-state index in [4.69, 9.17) is 5.26 Å². The summed E-state index contributed by atoms with van der Waals surface area (Å²) in [5.41, 5.74) is 1.87. The number of aryl methyl sites for hydroxylation is 1. The summed E-state index contributed by atoms with van der Waals surface area (Å²) in [4.78, 5) is 1.36. The Morgan fingerprint density at radius 3 is 2.79 bits per heavy atom. The van der Waals surface area contributed by atoms with E-state index in [-0.39, 0.29) is 5.82 Å². The van der Waals surface area contributed by atoms with E-state index in [1.165, 1.54) is 4.80 Å². The minimum atomic E-state index is 0.0771. The molecule has 5 nitrogen and oxygen atoms in total. The molecule has 0 fully saturated rings. The van der Waals surface area contributed by atoms with Crippen molar-refractivity contribution >= 4 is 0 Å².